The Morgan fingerprint density at radius 1 is 0.782 bits per heavy atom. The summed E-state index contributed by atoms with van der Waals surface area (Å²) in [6.45, 7) is 12.3. The first-order chi connectivity index (χ1) is 25.9. The third-order valence-electron chi connectivity index (χ3n) is 9.00. The molecule has 0 aliphatic rings. The van der Waals surface area contributed by atoms with Gasteiger partial charge in [0.1, 0.15) is 5.69 Å². The van der Waals surface area contributed by atoms with Crippen LogP contribution in [0.2, 0.25) is 0 Å². The van der Waals surface area contributed by atoms with Crippen molar-refractivity contribution in [2.24, 2.45) is 11.5 Å². The van der Waals surface area contributed by atoms with Gasteiger partial charge >= 0.3 is 0 Å². The van der Waals surface area contributed by atoms with E-state index in [1.807, 2.05) is 34.6 Å². The molecule has 1 atom stereocenters. The Balaban J connectivity index is 0.000000591. The molecule has 0 radical (unpaired) electrons. The van der Waals surface area contributed by atoms with Crippen LogP contribution in [0, 0.1) is 20.8 Å². The van der Waals surface area contributed by atoms with Gasteiger partial charge in [0.25, 0.3) is 5.91 Å². The van der Waals surface area contributed by atoms with Gasteiger partial charge in [0, 0.05) is 50.1 Å². The van der Waals surface area contributed by atoms with Crippen LogP contribution in [0.15, 0.2) is 48.5 Å². The molecule has 1 unspecified atom stereocenters. The molecule has 4 amide bonds. The third kappa shape index (κ3) is 9.42. The van der Waals surface area contributed by atoms with E-state index in [0.29, 0.717) is 84.2 Å². The number of aromatic nitrogens is 8. The van der Waals surface area contributed by atoms with Gasteiger partial charge in [-0.1, -0.05) is 7.43 Å². The zero-order valence-electron chi connectivity index (χ0n) is 31.3. The number of fused-ring (bicyclic) bond motifs is 2. The van der Waals surface area contributed by atoms with Gasteiger partial charge < -0.3 is 25.3 Å². The number of carbonyl (C=O) groups excluding carboxylic acids is 4. The molecule has 0 saturated carbocycles. The maximum absolute atomic E-state index is 13.3. The minimum Gasteiger partial charge on any atom is -0.381 e. The topological polar surface area (TPSA) is 225 Å². The SMILES string of the molecule is C.CCn1nc(C)cc1C.CCn1nc(C)cc1C(=O)Nc1nc2cc(C(N)=O)ccc2n1CCC(CCn1c(NC=O)nc2cc(C(N)=O)ccc21)OC. The molecule has 55 heavy (non-hydrogen) atoms. The highest BCUT2D eigenvalue weighted by atomic mass is 16.5. The molecule has 6 rings (SSSR count). The highest BCUT2D eigenvalue weighted by Crippen LogP contribution is 2.25. The molecule has 292 valence electrons. The number of carbonyl (C=O) groups is 4. The van der Waals surface area contributed by atoms with Gasteiger partial charge in [0.15, 0.2) is 0 Å². The number of anilines is 2. The minimum atomic E-state index is -0.583. The Morgan fingerprint density at radius 3 is 1.75 bits per heavy atom. The highest BCUT2D eigenvalue weighted by Gasteiger charge is 2.21. The van der Waals surface area contributed by atoms with Crippen LogP contribution in [-0.2, 0) is 35.7 Å². The second-order valence-corrected chi connectivity index (χ2v) is 12.7. The smallest absolute Gasteiger partial charge is 0.276 e. The molecule has 0 saturated heterocycles. The van der Waals surface area contributed by atoms with Gasteiger partial charge in [0.2, 0.25) is 30.1 Å². The number of primary amides is 2. The monoisotopic (exact) mass is 754 g/mol. The molecule has 4 heterocycles. The Morgan fingerprint density at radius 2 is 1.29 bits per heavy atom. The van der Waals surface area contributed by atoms with Crippen molar-refractivity contribution in [1.82, 2.24) is 38.7 Å². The summed E-state index contributed by atoms with van der Waals surface area (Å²) in [6, 6.07) is 13.7. The number of hydrogen-bond donors (Lipinski definition) is 4. The van der Waals surface area contributed by atoms with E-state index in [-0.39, 0.29) is 19.4 Å². The number of nitrogens with zero attached hydrogens (tertiary/aromatic N) is 8. The molecule has 4 aromatic heterocycles. The fraction of sp³-hybridized carbons (Fsp3) is 0.368. The molecule has 17 heteroatoms. The van der Waals surface area contributed by atoms with E-state index in [1.54, 1.807) is 54.3 Å². The lowest BCUT2D eigenvalue weighted by Crippen LogP contribution is -2.21. The van der Waals surface area contributed by atoms with Crippen molar-refractivity contribution in [3.63, 3.8) is 0 Å². The number of benzene rings is 2. The number of amides is 4. The number of rotatable bonds is 15. The van der Waals surface area contributed by atoms with E-state index in [4.69, 9.17) is 16.2 Å². The first kappa shape index (κ1) is 41.4. The number of imidazole rings is 2. The minimum absolute atomic E-state index is 0. The molecule has 6 N–H and O–H groups in total. The molecule has 0 bridgehead atoms. The Labute approximate surface area is 319 Å². The van der Waals surface area contributed by atoms with Crippen molar-refractivity contribution in [3.05, 3.63) is 82.4 Å². The van der Waals surface area contributed by atoms with Crippen LogP contribution in [0.25, 0.3) is 22.1 Å². The van der Waals surface area contributed by atoms with Crippen molar-refractivity contribution in [3.8, 4) is 0 Å². The summed E-state index contributed by atoms with van der Waals surface area (Å²) >= 11 is 0. The largest absolute Gasteiger partial charge is 0.381 e. The van der Waals surface area contributed by atoms with E-state index < -0.39 is 11.8 Å². The van der Waals surface area contributed by atoms with Crippen LogP contribution in [0.5, 0.6) is 0 Å². The molecule has 0 aliphatic carbocycles. The van der Waals surface area contributed by atoms with E-state index in [0.717, 1.165) is 23.4 Å². The maximum Gasteiger partial charge on any atom is 0.276 e. The summed E-state index contributed by atoms with van der Waals surface area (Å²) in [5.41, 5.74) is 17.4. The Kier molecular flexibility index (Phi) is 13.6. The lowest BCUT2D eigenvalue weighted by molar-refractivity contribution is -0.105. The third-order valence-corrected chi connectivity index (χ3v) is 9.00. The quantitative estimate of drug-likeness (QED) is 0.108. The second-order valence-electron chi connectivity index (χ2n) is 12.7. The van der Waals surface area contributed by atoms with Crippen molar-refractivity contribution in [2.45, 2.75) is 87.2 Å². The fourth-order valence-corrected chi connectivity index (χ4v) is 6.33. The predicted octanol–water partition coefficient (Wildman–Crippen LogP) is 4.58. The first-order valence-corrected chi connectivity index (χ1v) is 17.6. The van der Waals surface area contributed by atoms with E-state index in [9.17, 15) is 19.2 Å². The van der Waals surface area contributed by atoms with E-state index >= 15 is 0 Å². The number of methoxy groups -OCH3 is 1. The Bertz CT molecular complexity index is 2310. The zero-order chi connectivity index (χ0) is 39.1. The van der Waals surface area contributed by atoms with Gasteiger partial charge in [-0.3, -0.25) is 39.2 Å². The standard InChI is InChI=1S/C30H34N10O5.C7H12N2.CH4/c1-4-40-25(13-17(2)37-40)28(44)36-30-35-22-15-19(27(32)43)6-8-24(22)39(30)12-10-20(45-3)9-11-38-23-7-5-18(26(31)42)14-21(23)34-29(38)33-16-41;1-4-9-7(3)5-6(2)8-9;/h5-8,13-16,20H,4,9-12H2,1-3H3,(H2,31,42)(H2,32,43)(H,33,34,41)(H,35,36,44);5H,4H2,1-3H3;1H4. The molecular weight excluding hydrogens is 704 g/mol. The lowest BCUT2D eigenvalue weighted by Gasteiger charge is -2.18. The molecule has 17 nitrogen and oxygen atoms in total. The van der Waals surface area contributed by atoms with Gasteiger partial charge in [-0.25, -0.2) is 9.97 Å². The molecule has 0 spiro atoms. The van der Waals surface area contributed by atoms with Crippen LogP contribution < -0.4 is 22.1 Å². The van der Waals surface area contributed by atoms with Crippen LogP contribution in [0.3, 0.4) is 0 Å². The van der Waals surface area contributed by atoms with Crippen LogP contribution in [0.1, 0.15) is 82.4 Å². The molecule has 0 aliphatic heterocycles. The first-order valence-electron chi connectivity index (χ1n) is 17.6. The van der Waals surface area contributed by atoms with Crippen LogP contribution >= 0.6 is 0 Å². The van der Waals surface area contributed by atoms with Crippen LogP contribution in [0.4, 0.5) is 11.9 Å². The van der Waals surface area contributed by atoms with E-state index in [1.165, 1.54) is 5.69 Å². The summed E-state index contributed by atoms with van der Waals surface area (Å²) in [7, 11) is 1.61. The van der Waals surface area contributed by atoms with Crippen molar-refractivity contribution in [2.75, 3.05) is 17.7 Å². The maximum atomic E-state index is 13.3. The molecule has 6 aromatic rings. The number of nitrogens with two attached hydrogens (primary N) is 2. The Hall–Kier alpha value is -6.36. The van der Waals surface area contributed by atoms with Gasteiger partial charge in [0.05, 0.1) is 39.6 Å². The average molecular weight is 755 g/mol. The number of ether oxygens (including phenoxy) is 1. The van der Waals surface area contributed by atoms with Gasteiger partial charge in [-0.15, -0.1) is 0 Å². The molecule has 2 aromatic carbocycles. The predicted molar refractivity (Wildman–Crippen MR) is 211 cm³/mol. The summed E-state index contributed by atoms with van der Waals surface area (Å²) in [4.78, 5) is 57.1. The summed E-state index contributed by atoms with van der Waals surface area (Å²) < 4.78 is 13.1. The second kappa shape index (κ2) is 18.1. The normalized spacial score (nSPS) is 11.5. The fourth-order valence-electron chi connectivity index (χ4n) is 6.33. The summed E-state index contributed by atoms with van der Waals surface area (Å²) in [5.74, 6) is -0.894. The zero-order valence-corrected chi connectivity index (χ0v) is 31.3. The number of nitrogens with one attached hydrogen (secondary N) is 2. The van der Waals surface area contributed by atoms with Gasteiger partial charge in [-0.2, -0.15) is 10.2 Å². The summed E-state index contributed by atoms with van der Waals surface area (Å²) in [5, 5.41) is 14.1. The van der Waals surface area contributed by atoms with E-state index in [2.05, 4.69) is 50.7 Å². The highest BCUT2D eigenvalue weighted by molar-refractivity contribution is 6.03. The molecule has 0 fully saturated rings. The summed E-state index contributed by atoms with van der Waals surface area (Å²) in [6.07, 6.45) is 1.37. The van der Waals surface area contributed by atoms with Crippen molar-refractivity contribution in [1.29, 1.82) is 0 Å². The molecular formula is C38H50N12O5. The average Bonchev–Trinajstić information content (AvgIpc) is 3.89. The number of hydrogen-bond acceptors (Lipinski definition) is 9. The van der Waals surface area contributed by atoms with Crippen molar-refractivity contribution >= 4 is 58.1 Å². The van der Waals surface area contributed by atoms with Crippen molar-refractivity contribution < 1.29 is 23.9 Å². The van der Waals surface area contributed by atoms with Crippen LogP contribution in [-0.4, -0.2) is 76.0 Å². The number of aryl methyl sites for hydroxylation is 7. The lowest BCUT2D eigenvalue weighted by atomic mass is 10.1. The van der Waals surface area contributed by atoms with Gasteiger partial charge in [-0.05, 0) is 96.0 Å².